The molecule has 4 aromatic rings. The van der Waals surface area contributed by atoms with Gasteiger partial charge in [0.25, 0.3) is 0 Å². The molecule has 7 nitrogen and oxygen atoms in total. The number of hydrogen-bond acceptors (Lipinski definition) is 4. The Hall–Kier alpha value is -3.65. The molecule has 0 radical (unpaired) electrons. The number of hydrogen-bond donors (Lipinski definition) is 2. The molecule has 0 spiro atoms. The van der Waals surface area contributed by atoms with Gasteiger partial charge in [0.2, 0.25) is 0 Å². The second kappa shape index (κ2) is 7.88. The number of nitrogens with one attached hydrogen (secondary N) is 1. The van der Waals surface area contributed by atoms with Crippen molar-refractivity contribution in [3.8, 4) is 22.8 Å². The third-order valence-electron chi connectivity index (χ3n) is 5.71. The number of piperidine rings is 1. The third kappa shape index (κ3) is 3.55. The van der Waals surface area contributed by atoms with E-state index in [2.05, 4.69) is 10.4 Å². The summed E-state index contributed by atoms with van der Waals surface area (Å²) >= 11 is 0. The molecule has 0 saturated carbocycles. The smallest absolute Gasteiger partial charge is 0.325 e. The molecule has 1 fully saturated rings. The van der Waals surface area contributed by atoms with E-state index in [0.29, 0.717) is 23.0 Å². The van der Waals surface area contributed by atoms with Crippen LogP contribution in [0.4, 0.5) is 9.18 Å². The van der Waals surface area contributed by atoms with Crippen LogP contribution in [0.5, 0.6) is 11.5 Å². The molecule has 5 rings (SSSR count). The Labute approximate surface area is 178 Å². The van der Waals surface area contributed by atoms with Crippen LogP contribution in [-0.4, -0.2) is 33.3 Å². The highest BCUT2D eigenvalue weighted by molar-refractivity contribution is 5.87. The van der Waals surface area contributed by atoms with Crippen LogP contribution in [-0.2, 0) is 0 Å². The first-order valence-corrected chi connectivity index (χ1v) is 10.2. The fourth-order valence-electron chi connectivity index (χ4n) is 4.18. The van der Waals surface area contributed by atoms with E-state index in [0.717, 1.165) is 37.1 Å². The highest BCUT2D eigenvalue weighted by Gasteiger charge is 2.25. The molecule has 3 N–H and O–H groups in total. The van der Waals surface area contributed by atoms with Crippen LogP contribution < -0.4 is 15.8 Å². The molecule has 1 aliphatic heterocycles. The van der Waals surface area contributed by atoms with E-state index >= 15 is 0 Å². The molecule has 1 saturated heterocycles. The molecule has 2 aromatic carbocycles. The van der Waals surface area contributed by atoms with Gasteiger partial charge in [0.1, 0.15) is 11.4 Å². The molecular formula is C23H22FN5O2. The summed E-state index contributed by atoms with van der Waals surface area (Å²) in [6, 6.07) is 12.8. The number of para-hydroxylation sites is 1. The number of primary amides is 1. The predicted molar refractivity (Wildman–Crippen MR) is 115 cm³/mol. The van der Waals surface area contributed by atoms with Gasteiger partial charge in [-0.05, 0) is 68.2 Å². The molecule has 0 bridgehead atoms. The fourth-order valence-corrected chi connectivity index (χ4v) is 4.18. The van der Waals surface area contributed by atoms with Crippen molar-refractivity contribution < 1.29 is 13.9 Å². The second-order valence-corrected chi connectivity index (χ2v) is 7.64. The number of rotatable bonds is 4. The van der Waals surface area contributed by atoms with Gasteiger partial charge >= 0.3 is 6.03 Å². The Morgan fingerprint density at radius 3 is 2.58 bits per heavy atom. The standard InChI is InChI=1S/C23H22FN5O2/c24-19-3-1-2-4-21(19)31-17-7-5-16(6-8-17)20-14-28-22(29(20)23(25)30)18(13-27-28)15-9-11-26-12-10-15/h1-8,13-15,26H,9-12H2,(H2,25,30). The van der Waals surface area contributed by atoms with Crippen molar-refractivity contribution in [1.29, 1.82) is 0 Å². The number of benzene rings is 2. The van der Waals surface area contributed by atoms with E-state index in [1.54, 1.807) is 41.0 Å². The van der Waals surface area contributed by atoms with E-state index in [-0.39, 0.29) is 5.75 Å². The van der Waals surface area contributed by atoms with E-state index in [4.69, 9.17) is 10.5 Å². The first-order chi connectivity index (χ1) is 15.1. The van der Waals surface area contributed by atoms with Crippen LogP contribution in [0.2, 0.25) is 0 Å². The van der Waals surface area contributed by atoms with E-state index < -0.39 is 11.8 Å². The second-order valence-electron chi connectivity index (χ2n) is 7.64. The first-order valence-electron chi connectivity index (χ1n) is 10.2. The molecule has 0 unspecified atom stereocenters. The van der Waals surface area contributed by atoms with Crippen molar-refractivity contribution in [1.82, 2.24) is 19.5 Å². The summed E-state index contributed by atoms with van der Waals surface area (Å²) < 4.78 is 22.7. The zero-order chi connectivity index (χ0) is 21.4. The quantitative estimate of drug-likeness (QED) is 0.521. The maximum atomic E-state index is 13.8. The SMILES string of the molecule is NC(=O)n1c(-c2ccc(Oc3ccccc3F)cc2)cn2ncc(C3CCNCC3)c12. The third-order valence-corrected chi connectivity index (χ3v) is 5.71. The largest absolute Gasteiger partial charge is 0.454 e. The summed E-state index contributed by atoms with van der Waals surface area (Å²) in [4.78, 5) is 12.4. The monoisotopic (exact) mass is 419 g/mol. The number of nitrogens with two attached hydrogens (primary N) is 1. The van der Waals surface area contributed by atoms with Gasteiger partial charge in [0.15, 0.2) is 11.6 Å². The topological polar surface area (TPSA) is 86.6 Å². The fraction of sp³-hybridized carbons (Fsp3) is 0.217. The number of carbonyl (C=O) groups excluding carboxylic acids is 1. The Balaban J connectivity index is 1.51. The summed E-state index contributed by atoms with van der Waals surface area (Å²) in [6.45, 7) is 1.88. The normalized spacial score (nSPS) is 14.7. The molecule has 158 valence electrons. The zero-order valence-corrected chi connectivity index (χ0v) is 16.8. The Morgan fingerprint density at radius 2 is 1.87 bits per heavy atom. The summed E-state index contributed by atoms with van der Waals surface area (Å²) in [6.07, 6.45) is 5.61. The molecule has 0 atom stereocenters. The number of halogens is 1. The van der Waals surface area contributed by atoms with Crippen LogP contribution in [0.15, 0.2) is 60.9 Å². The number of amides is 1. The average molecular weight is 419 g/mol. The Kier molecular flexibility index (Phi) is 4.91. The molecule has 2 aromatic heterocycles. The maximum absolute atomic E-state index is 13.8. The zero-order valence-electron chi connectivity index (χ0n) is 16.8. The summed E-state index contributed by atoms with van der Waals surface area (Å²) in [5.41, 5.74) is 8.94. The highest BCUT2D eigenvalue weighted by atomic mass is 19.1. The maximum Gasteiger partial charge on any atom is 0.325 e. The Bertz CT molecular complexity index is 1240. The van der Waals surface area contributed by atoms with Crippen molar-refractivity contribution in [3.63, 3.8) is 0 Å². The number of fused-ring (bicyclic) bond motifs is 1. The highest BCUT2D eigenvalue weighted by Crippen LogP contribution is 2.33. The van der Waals surface area contributed by atoms with Crippen LogP contribution in [0, 0.1) is 5.82 Å². The predicted octanol–water partition coefficient (Wildman–Crippen LogP) is 4.13. The number of nitrogens with zero attached hydrogens (tertiary/aromatic N) is 3. The summed E-state index contributed by atoms with van der Waals surface area (Å²) in [5, 5.41) is 7.83. The first kappa shape index (κ1) is 19.3. The van der Waals surface area contributed by atoms with Gasteiger partial charge in [0.05, 0.1) is 18.1 Å². The number of ether oxygens (including phenoxy) is 1. The van der Waals surface area contributed by atoms with Gasteiger partial charge in [-0.15, -0.1) is 0 Å². The van der Waals surface area contributed by atoms with Crippen molar-refractivity contribution in [2.75, 3.05) is 13.1 Å². The van der Waals surface area contributed by atoms with Crippen LogP contribution in [0.1, 0.15) is 24.3 Å². The molecular weight excluding hydrogens is 397 g/mol. The van der Waals surface area contributed by atoms with Crippen LogP contribution in [0.25, 0.3) is 16.9 Å². The van der Waals surface area contributed by atoms with E-state index in [9.17, 15) is 9.18 Å². The molecule has 8 heteroatoms. The van der Waals surface area contributed by atoms with Crippen molar-refractivity contribution in [2.45, 2.75) is 18.8 Å². The van der Waals surface area contributed by atoms with Crippen molar-refractivity contribution in [3.05, 3.63) is 72.3 Å². The van der Waals surface area contributed by atoms with Crippen LogP contribution in [0.3, 0.4) is 0 Å². The molecule has 3 heterocycles. The van der Waals surface area contributed by atoms with Crippen molar-refractivity contribution >= 4 is 11.7 Å². The van der Waals surface area contributed by atoms with E-state index in [1.165, 1.54) is 10.6 Å². The van der Waals surface area contributed by atoms with Gasteiger partial charge < -0.3 is 15.8 Å². The summed E-state index contributed by atoms with van der Waals surface area (Å²) in [5.74, 6) is 0.545. The average Bonchev–Trinajstić information content (AvgIpc) is 3.36. The molecule has 0 aliphatic carbocycles. The lowest BCUT2D eigenvalue weighted by molar-refractivity contribution is 0.251. The number of imidazole rings is 1. The minimum absolute atomic E-state index is 0.154. The molecule has 31 heavy (non-hydrogen) atoms. The van der Waals surface area contributed by atoms with Gasteiger partial charge in [-0.25, -0.2) is 18.3 Å². The minimum Gasteiger partial charge on any atom is -0.454 e. The molecule has 1 amide bonds. The van der Waals surface area contributed by atoms with Gasteiger partial charge in [-0.1, -0.05) is 12.1 Å². The lowest BCUT2D eigenvalue weighted by atomic mass is 9.92. The van der Waals surface area contributed by atoms with Gasteiger partial charge in [0, 0.05) is 11.1 Å². The van der Waals surface area contributed by atoms with Crippen molar-refractivity contribution in [2.24, 2.45) is 5.73 Å². The Morgan fingerprint density at radius 1 is 1.13 bits per heavy atom. The van der Waals surface area contributed by atoms with Gasteiger partial charge in [-0.2, -0.15) is 5.10 Å². The van der Waals surface area contributed by atoms with Crippen LogP contribution >= 0.6 is 0 Å². The minimum atomic E-state index is -0.563. The lowest BCUT2D eigenvalue weighted by Crippen LogP contribution is -2.27. The number of carbonyl (C=O) groups is 1. The van der Waals surface area contributed by atoms with E-state index in [1.807, 2.05) is 18.3 Å². The summed E-state index contributed by atoms with van der Waals surface area (Å²) in [7, 11) is 0. The number of aromatic nitrogens is 3. The molecule has 1 aliphatic rings. The van der Waals surface area contributed by atoms with Gasteiger partial charge in [-0.3, -0.25) is 0 Å². The lowest BCUT2D eigenvalue weighted by Gasteiger charge is -2.22.